The third-order valence-corrected chi connectivity index (χ3v) is 5.16. The molecule has 2 amide bonds. The van der Waals surface area contributed by atoms with Crippen molar-refractivity contribution < 1.29 is 28.7 Å². The molecule has 0 aliphatic rings. The number of Topliss-reactive ketones (excluding diaryl/α,β-unsaturated/α-hetero) is 1. The van der Waals surface area contributed by atoms with E-state index in [0.717, 1.165) is 0 Å². The maximum atomic E-state index is 12.1. The number of hydrogen-bond acceptors (Lipinski definition) is 6. The van der Waals surface area contributed by atoms with Crippen LogP contribution in [0.2, 0.25) is 5.02 Å². The van der Waals surface area contributed by atoms with Crippen LogP contribution < -0.4 is 15.4 Å². The van der Waals surface area contributed by atoms with E-state index in [0.29, 0.717) is 33.5 Å². The van der Waals surface area contributed by atoms with E-state index in [1.807, 2.05) is 0 Å². The van der Waals surface area contributed by atoms with Crippen molar-refractivity contribution in [1.82, 2.24) is 0 Å². The third-order valence-electron chi connectivity index (χ3n) is 4.91. The number of carbonyl (C=O) groups is 4. The number of esters is 1. The molecule has 0 aliphatic carbocycles. The first kappa shape index (κ1) is 26.4. The fourth-order valence-electron chi connectivity index (χ4n) is 3.07. The van der Waals surface area contributed by atoms with Gasteiger partial charge >= 0.3 is 5.97 Å². The smallest absolute Gasteiger partial charge is 0.306 e. The van der Waals surface area contributed by atoms with E-state index >= 15 is 0 Å². The molecule has 36 heavy (non-hydrogen) atoms. The molecule has 186 valence electrons. The van der Waals surface area contributed by atoms with Crippen LogP contribution in [0.4, 0.5) is 11.4 Å². The van der Waals surface area contributed by atoms with Crippen molar-refractivity contribution >= 4 is 46.5 Å². The fourth-order valence-corrected chi connectivity index (χ4v) is 3.19. The minimum Gasteiger partial charge on any atom is -0.457 e. The van der Waals surface area contributed by atoms with Crippen LogP contribution in [0.3, 0.4) is 0 Å². The van der Waals surface area contributed by atoms with Gasteiger partial charge in [0, 0.05) is 34.8 Å². The van der Waals surface area contributed by atoms with Crippen molar-refractivity contribution in [2.75, 3.05) is 17.2 Å². The standard InChI is InChI=1S/C27H25ClN2O6/c1-18(31)19-5-9-21(10-6-19)30-26(33)17-35-27(34)4-2-3-25(32)29-22-11-15-24(16-12-22)36-23-13-7-20(28)8-14-23/h5-16H,2-4,17H2,1H3,(H,29,32)(H,30,33). The van der Waals surface area contributed by atoms with E-state index in [1.54, 1.807) is 72.8 Å². The van der Waals surface area contributed by atoms with Crippen LogP contribution in [-0.2, 0) is 19.1 Å². The summed E-state index contributed by atoms with van der Waals surface area (Å²) >= 11 is 5.86. The molecule has 8 nitrogen and oxygen atoms in total. The maximum absolute atomic E-state index is 12.1. The lowest BCUT2D eigenvalue weighted by Gasteiger charge is -2.09. The van der Waals surface area contributed by atoms with Gasteiger partial charge in [-0.1, -0.05) is 11.6 Å². The molecule has 0 bridgehead atoms. The van der Waals surface area contributed by atoms with Crippen molar-refractivity contribution in [3.63, 3.8) is 0 Å². The number of ketones is 1. The van der Waals surface area contributed by atoms with E-state index in [1.165, 1.54) is 6.92 Å². The topological polar surface area (TPSA) is 111 Å². The van der Waals surface area contributed by atoms with Gasteiger partial charge < -0.3 is 20.1 Å². The molecule has 0 spiro atoms. The summed E-state index contributed by atoms with van der Waals surface area (Å²) in [5.41, 5.74) is 1.62. The van der Waals surface area contributed by atoms with Gasteiger partial charge in [0.1, 0.15) is 11.5 Å². The Kier molecular flexibility index (Phi) is 9.59. The predicted octanol–water partition coefficient (Wildman–Crippen LogP) is 5.63. The molecule has 0 fully saturated rings. The molecule has 0 heterocycles. The van der Waals surface area contributed by atoms with Crippen molar-refractivity contribution in [2.24, 2.45) is 0 Å². The first-order chi connectivity index (χ1) is 17.3. The Morgan fingerprint density at radius 3 is 1.83 bits per heavy atom. The van der Waals surface area contributed by atoms with Crippen LogP contribution in [0, 0.1) is 0 Å². The molecule has 0 aromatic heterocycles. The lowest BCUT2D eigenvalue weighted by Crippen LogP contribution is -2.21. The minimum atomic E-state index is -0.575. The Morgan fingerprint density at radius 1 is 0.722 bits per heavy atom. The number of rotatable bonds is 11. The van der Waals surface area contributed by atoms with Gasteiger partial charge in [-0.25, -0.2) is 0 Å². The van der Waals surface area contributed by atoms with E-state index < -0.39 is 18.5 Å². The van der Waals surface area contributed by atoms with E-state index in [4.69, 9.17) is 21.1 Å². The number of benzene rings is 3. The lowest BCUT2D eigenvalue weighted by atomic mass is 10.1. The minimum absolute atomic E-state index is 0.00186. The zero-order valence-corrected chi connectivity index (χ0v) is 20.3. The number of nitrogens with one attached hydrogen (secondary N) is 2. The van der Waals surface area contributed by atoms with E-state index in [9.17, 15) is 19.2 Å². The second kappa shape index (κ2) is 13.1. The number of carbonyl (C=O) groups excluding carboxylic acids is 4. The van der Waals surface area contributed by atoms with Crippen molar-refractivity contribution in [2.45, 2.75) is 26.2 Å². The van der Waals surface area contributed by atoms with Crippen molar-refractivity contribution in [3.8, 4) is 11.5 Å². The molecule has 3 aromatic rings. The number of ether oxygens (including phenoxy) is 2. The molecule has 0 aliphatic heterocycles. The second-order valence-electron chi connectivity index (χ2n) is 7.82. The van der Waals surface area contributed by atoms with Crippen molar-refractivity contribution in [1.29, 1.82) is 0 Å². The molecule has 3 aromatic carbocycles. The lowest BCUT2D eigenvalue weighted by molar-refractivity contribution is -0.147. The first-order valence-corrected chi connectivity index (χ1v) is 11.6. The Hall–Kier alpha value is -4.17. The van der Waals surface area contributed by atoms with Gasteiger partial charge in [0.2, 0.25) is 5.91 Å². The molecule has 2 N–H and O–H groups in total. The van der Waals surface area contributed by atoms with E-state index in [2.05, 4.69) is 10.6 Å². The maximum Gasteiger partial charge on any atom is 0.306 e. The number of anilines is 2. The molecule has 0 saturated carbocycles. The zero-order chi connectivity index (χ0) is 25.9. The molecule has 3 rings (SSSR count). The Morgan fingerprint density at radius 2 is 1.25 bits per heavy atom. The van der Waals surface area contributed by atoms with Gasteiger partial charge in [-0.3, -0.25) is 19.2 Å². The highest BCUT2D eigenvalue weighted by atomic mass is 35.5. The molecule has 0 atom stereocenters. The Balaban J connectivity index is 1.32. The fraction of sp³-hybridized carbons (Fsp3) is 0.185. The molecule has 0 saturated heterocycles. The van der Waals surface area contributed by atoms with Crippen molar-refractivity contribution in [3.05, 3.63) is 83.4 Å². The predicted molar refractivity (Wildman–Crippen MR) is 136 cm³/mol. The summed E-state index contributed by atoms with van der Waals surface area (Å²) in [4.78, 5) is 47.2. The highest BCUT2D eigenvalue weighted by Crippen LogP contribution is 2.24. The van der Waals surface area contributed by atoms with Crippen LogP contribution in [0.15, 0.2) is 72.8 Å². The van der Waals surface area contributed by atoms with Crippen LogP contribution in [0.5, 0.6) is 11.5 Å². The van der Waals surface area contributed by atoms with Gasteiger partial charge in [0.25, 0.3) is 5.91 Å². The summed E-state index contributed by atoms with van der Waals surface area (Å²) in [6.45, 7) is 1.01. The largest absolute Gasteiger partial charge is 0.457 e. The van der Waals surface area contributed by atoms with Crippen LogP contribution in [0.1, 0.15) is 36.5 Å². The normalized spacial score (nSPS) is 10.3. The van der Waals surface area contributed by atoms with Crippen LogP contribution in [0.25, 0.3) is 0 Å². The highest BCUT2D eigenvalue weighted by Gasteiger charge is 2.10. The van der Waals surface area contributed by atoms with Crippen LogP contribution >= 0.6 is 11.6 Å². The second-order valence-corrected chi connectivity index (χ2v) is 8.26. The van der Waals surface area contributed by atoms with Gasteiger partial charge in [0.05, 0.1) is 0 Å². The summed E-state index contributed by atoms with van der Waals surface area (Å²) in [6, 6.07) is 20.2. The molecular formula is C27H25ClN2O6. The summed E-state index contributed by atoms with van der Waals surface area (Å²) in [6.07, 6.45) is 0.394. The summed E-state index contributed by atoms with van der Waals surface area (Å²) in [5, 5.41) is 5.95. The summed E-state index contributed by atoms with van der Waals surface area (Å²) in [7, 11) is 0. The Labute approximate surface area is 213 Å². The highest BCUT2D eigenvalue weighted by molar-refractivity contribution is 6.30. The Bertz CT molecular complexity index is 1210. The van der Waals surface area contributed by atoms with Gasteiger partial charge in [-0.05, 0) is 86.1 Å². The third kappa shape index (κ3) is 8.88. The summed E-state index contributed by atoms with van der Waals surface area (Å²) in [5.74, 6) is -0.151. The number of amides is 2. The van der Waals surface area contributed by atoms with Crippen LogP contribution in [-0.4, -0.2) is 30.2 Å². The average Bonchev–Trinajstić information content (AvgIpc) is 2.86. The quantitative estimate of drug-likeness (QED) is 0.257. The first-order valence-electron chi connectivity index (χ1n) is 11.2. The molecule has 9 heteroatoms. The molecule has 0 radical (unpaired) electrons. The number of halogens is 1. The number of hydrogen-bond donors (Lipinski definition) is 2. The summed E-state index contributed by atoms with van der Waals surface area (Å²) < 4.78 is 10.7. The monoisotopic (exact) mass is 508 g/mol. The van der Waals surface area contributed by atoms with Gasteiger partial charge in [0.15, 0.2) is 12.4 Å². The van der Waals surface area contributed by atoms with Gasteiger partial charge in [-0.15, -0.1) is 0 Å². The average molecular weight is 509 g/mol. The molecular weight excluding hydrogens is 484 g/mol. The zero-order valence-electron chi connectivity index (χ0n) is 19.6. The SMILES string of the molecule is CC(=O)c1ccc(NC(=O)COC(=O)CCCC(=O)Nc2ccc(Oc3ccc(Cl)cc3)cc2)cc1. The molecule has 0 unspecified atom stereocenters. The van der Waals surface area contributed by atoms with Gasteiger partial charge in [-0.2, -0.15) is 0 Å². The van der Waals surface area contributed by atoms with E-state index in [-0.39, 0.29) is 31.0 Å².